The van der Waals surface area contributed by atoms with Crippen molar-refractivity contribution in [2.75, 3.05) is 13.7 Å². The Morgan fingerprint density at radius 2 is 1.96 bits per heavy atom. The van der Waals surface area contributed by atoms with Gasteiger partial charge < -0.3 is 9.47 Å². The molecule has 2 aromatic rings. The third-order valence-corrected chi connectivity index (χ3v) is 3.93. The summed E-state index contributed by atoms with van der Waals surface area (Å²) in [6.07, 6.45) is 1.43. The molecule has 0 atom stereocenters. The zero-order valence-electron chi connectivity index (χ0n) is 13.5. The van der Waals surface area contributed by atoms with Gasteiger partial charge in [-0.3, -0.25) is 4.79 Å². The number of carbonyl (C=O) groups excluding carboxylic acids is 1. The first-order valence-corrected chi connectivity index (χ1v) is 8.38. The average molecular weight is 402 g/mol. The summed E-state index contributed by atoms with van der Waals surface area (Å²) in [5.41, 5.74) is 3.25. The number of ether oxygens (including phenoxy) is 2. The molecule has 2 rings (SSSR count). The highest BCUT2D eigenvalue weighted by Gasteiger charge is 2.12. The quantitative estimate of drug-likeness (QED) is 0.558. The predicted molar refractivity (Wildman–Crippen MR) is 101 cm³/mol. The maximum absolute atomic E-state index is 12.1. The summed E-state index contributed by atoms with van der Waals surface area (Å²) in [4.78, 5) is 12.1. The normalized spacial score (nSPS) is 10.8. The molecule has 5 nitrogen and oxygen atoms in total. The van der Waals surface area contributed by atoms with Crippen molar-refractivity contribution in [1.82, 2.24) is 5.43 Å². The molecule has 0 unspecified atom stereocenters. The molecular weight excluding hydrogens is 387 g/mol. The number of hydrogen-bond acceptors (Lipinski definition) is 4. The maximum atomic E-state index is 12.1. The van der Waals surface area contributed by atoms with Gasteiger partial charge in [0, 0.05) is 5.02 Å². The van der Waals surface area contributed by atoms with E-state index >= 15 is 0 Å². The fourth-order valence-electron chi connectivity index (χ4n) is 2.02. The van der Waals surface area contributed by atoms with Crippen LogP contribution in [0.15, 0.2) is 35.4 Å². The molecule has 0 saturated heterocycles. The highest BCUT2D eigenvalue weighted by Crippen LogP contribution is 2.35. The molecule has 0 aromatic heterocycles. The van der Waals surface area contributed by atoms with Gasteiger partial charge >= 0.3 is 0 Å². The molecule has 0 aliphatic heterocycles. The van der Waals surface area contributed by atoms with Crippen molar-refractivity contribution in [2.45, 2.75) is 6.92 Å². The van der Waals surface area contributed by atoms with Crippen molar-refractivity contribution < 1.29 is 14.3 Å². The number of hydrogen-bond donors (Lipinski definition) is 1. The van der Waals surface area contributed by atoms with E-state index < -0.39 is 5.91 Å². The maximum Gasteiger partial charge on any atom is 0.272 e. The Labute approximate surface area is 160 Å². The first-order valence-electron chi connectivity index (χ1n) is 7.25. The molecule has 2 aromatic carbocycles. The smallest absolute Gasteiger partial charge is 0.272 e. The van der Waals surface area contributed by atoms with E-state index in [1.165, 1.54) is 19.4 Å². The summed E-state index contributed by atoms with van der Waals surface area (Å²) in [5.74, 6) is 0.451. The van der Waals surface area contributed by atoms with Crippen molar-refractivity contribution in [2.24, 2.45) is 5.10 Å². The summed E-state index contributed by atoms with van der Waals surface area (Å²) in [6.45, 7) is 2.31. The van der Waals surface area contributed by atoms with Crippen molar-refractivity contribution in [1.29, 1.82) is 0 Å². The molecule has 1 N–H and O–H groups in total. The van der Waals surface area contributed by atoms with Gasteiger partial charge in [0.15, 0.2) is 11.5 Å². The van der Waals surface area contributed by atoms with Gasteiger partial charge in [0.1, 0.15) is 0 Å². The summed E-state index contributed by atoms with van der Waals surface area (Å²) in [5, 5.41) is 4.96. The van der Waals surface area contributed by atoms with E-state index in [1.54, 1.807) is 24.3 Å². The number of hydrazone groups is 1. The van der Waals surface area contributed by atoms with Crippen molar-refractivity contribution in [3.63, 3.8) is 0 Å². The monoisotopic (exact) mass is 400 g/mol. The standard InChI is InChI=1S/C17H15Cl3N2O3/c1-3-25-15-7-10(6-14(20)16(15)24-2)9-21-22-17(23)12-8-11(18)4-5-13(12)19/h4-9H,3H2,1-2H3,(H,22,23)/b21-9-. The molecule has 132 valence electrons. The Kier molecular flexibility index (Phi) is 6.93. The zero-order valence-corrected chi connectivity index (χ0v) is 15.7. The molecule has 0 radical (unpaired) electrons. The number of methoxy groups -OCH3 is 1. The molecule has 0 aliphatic rings. The van der Waals surface area contributed by atoms with Crippen LogP contribution in [0.4, 0.5) is 0 Å². The van der Waals surface area contributed by atoms with Crippen LogP contribution in [0.25, 0.3) is 0 Å². The summed E-state index contributed by atoms with van der Waals surface area (Å²) < 4.78 is 10.7. The lowest BCUT2D eigenvalue weighted by Gasteiger charge is -2.11. The lowest BCUT2D eigenvalue weighted by molar-refractivity contribution is 0.0955. The van der Waals surface area contributed by atoms with E-state index in [9.17, 15) is 4.79 Å². The lowest BCUT2D eigenvalue weighted by Crippen LogP contribution is -2.18. The largest absolute Gasteiger partial charge is 0.491 e. The van der Waals surface area contributed by atoms with Crippen LogP contribution in [0.1, 0.15) is 22.8 Å². The molecule has 8 heteroatoms. The molecule has 0 spiro atoms. The number of nitrogens with one attached hydrogen (secondary N) is 1. The Morgan fingerprint density at radius 3 is 2.64 bits per heavy atom. The van der Waals surface area contributed by atoms with Gasteiger partial charge in [-0.05, 0) is 42.8 Å². The molecular formula is C17H15Cl3N2O3. The first-order chi connectivity index (χ1) is 12.0. The number of rotatable bonds is 6. The highest BCUT2D eigenvalue weighted by molar-refractivity contribution is 6.35. The fourth-order valence-corrected chi connectivity index (χ4v) is 2.69. The minimum Gasteiger partial charge on any atom is -0.491 e. The number of halogens is 3. The number of benzene rings is 2. The van der Waals surface area contributed by atoms with E-state index in [0.717, 1.165) is 0 Å². The average Bonchev–Trinajstić information content (AvgIpc) is 2.57. The van der Waals surface area contributed by atoms with E-state index in [1.807, 2.05) is 6.92 Å². The highest BCUT2D eigenvalue weighted by atomic mass is 35.5. The fraction of sp³-hybridized carbons (Fsp3) is 0.176. The number of carbonyl (C=O) groups is 1. The van der Waals surface area contributed by atoms with Crippen LogP contribution < -0.4 is 14.9 Å². The third-order valence-electron chi connectivity index (χ3n) is 3.09. The second-order valence-corrected chi connectivity index (χ2v) is 6.04. The molecule has 0 bridgehead atoms. The van der Waals surface area contributed by atoms with E-state index in [4.69, 9.17) is 44.3 Å². The molecule has 0 fully saturated rings. The molecule has 1 amide bonds. The van der Waals surface area contributed by atoms with Crippen molar-refractivity contribution in [3.05, 3.63) is 56.5 Å². The first kappa shape index (κ1) is 19.4. The molecule has 0 saturated carbocycles. The van der Waals surface area contributed by atoms with Gasteiger partial charge in [-0.25, -0.2) is 5.43 Å². The van der Waals surface area contributed by atoms with Gasteiger partial charge in [0.05, 0.1) is 35.5 Å². The van der Waals surface area contributed by atoms with Crippen LogP contribution in [0.5, 0.6) is 11.5 Å². The van der Waals surface area contributed by atoms with Gasteiger partial charge in [-0.1, -0.05) is 34.8 Å². The Morgan fingerprint density at radius 1 is 1.20 bits per heavy atom. The lowest BCUT2D eigenvalue weighted by atomic mass is 10.2. The van der Waals surface area contributed by atoms with E-state index in [2.05, 4.69) is 10.5 Å². The topological polar surface area (TPSA) is 59.9 Å². The van der Waals surface area contributed by atoms with Crippen LogP contribution in [0.3, 0.4) is 0 Å². The van der Waals surface area contributed by atoms with E-state index in [0.29, 0.717) is 33.7 Å². The number of amides is 1. The third kappa shape index (κ3) is 5.01. The minimum atomic E-state index is -0.478. The Bertz CT molecular complexity index is 810. The van der Waals surface area contributed by atoms with Crippen LogP contribution in [-0.2, 0) is 0 Å². The number of nitrogens with zero attached hydrogens (tertiary/aromatic N) is 1. The van der Waals surface area contributed by atoms with Crippen molar-refractivity contribution >= 4 is 46.9 Å². The second kappa shape index (κ2) is 8.94. The Hall–Kier alpha value is -1.95. The van der Waals surface area contributed by atoms with Crippen LogP contribution in [0, 0.1) is 0 Å². The Balaban J connectivity index is 2.16. The summed E-state index contributed by atoms with van der Waals surface area (Å²) in [7, 11) is 1.51. The molecule has 0 aliphatic carbocycles. The summed E-state index contributed by atoms with van der Waals surface area (Å²) >= 11 is 18.0. The van der Waals surface area contributed by atoms with Gasteiger partial charge in [-0.15, -0.1) is 0 Å². The van der Waals surface area contributed by atoms with E-state index in [-0.39, 0.29) is 10.6 Å². The minimum absolute atomic E-state index is 0.231. The SMILES string of the molecule is CCOc1cc(/C=N\NC(=O)c2cc(Cl)ccc2Cl)cc(Cl)c1OC. The predicted octanol–water partition coefficient (Wildman–Crippen LogP) is 4.82. The molecule has 0 heterocycles. The molecule has 25 heavy (non-hydrogen) atoms. The van der Waals surface area contributed by atoms with Crippen molar-refractivity contribution in [3.8, 4) is 11.5 Å². The van der Waals surface area contributed by atoms with Gasteiger partial charge in [0.2, 0.25) is 0 Å². The van der Waals surface area contributed by atoms with Gasteiger partial charge in [0.25, 0.3) is 5.91 Å². The van der Waals surface area contributed by atoms with Gasteiger partial charge in [-0.2, -0.15) is 5.10 Å². The van der Waals surface area contributed by atoms with Crippen LogP contribution in [-0.4, -0.2) is 25.8 Å². The zero-order chi connectivity index (χ0) is 18.4. The van der Waals surface area contributed by atoms with Crippen LogP contribution >= 0.6 is 34.8 Å². The van der Waals surface area contributed by atoms with Crippen LogP contribution in [0.2, 0.25) is 15.1 Å². The summed E-state index contributed by atoms with van der Waals surface area (Å²) in [6, 6.07) is 7.95. The second-order valence-electron chi connectivity index (χ2n) is 4.79.